The van der Waals surface area contributed by atoms with E-state index in [-0.39, 0.29) is 24.1 Å². The van der Waals surface area contributed by atoms with E-state index in [1.165, 1.54) is 0 Å². The molecule has 0 aliphatic carbocycles. The second kappa shape index (κ2) is 6.45. The quantitative estimate of drug-likeness (QED) is 0.878. The predicted molar refractivity (Wildman–Crippen MR) is 95.7 cm³/mol. The van der Waals surface area contributed by atoms with Gasteiger partial charge in [-0.1, -0.05) is 17.3 Å². The average Bonchev–Trinajstić information content (AvgIpc) is 3.23. The molecule has 1 aromatic carbocycles. The van der Waals surface area contributed by atoms with Crippen LogP contribution in [0.15, 0.2) is 24.3 Å². The van der Waals surface area contributed by atoms with E-state index in [9.17, 15) is 14.7 Å². The molecule has 4 rings (SSSR count). The van der Waals surface area contributed by atoms with Gasteiger partial charge in [0, 0.05) is 25.6 Å². The van der Waals surface area contributed by atoms with E-state index in [1.807, 2.05) is 31.2 Å². The monoisotopic (exact) mass is 370 g/mol. The summed E-state index contributed by atoms with van der Waals surface area (Å²) in [5, 5.41) is 18.0. The molecule has 2 aliphatic heterocycles. The van der Waals surface area contributed by atoms with E-state index < -0.39 is 11.4 Å². The normalized spacial score (nSPS) is 24.7. The van der Waals surface area contributed by atoms with Gasteiger partial charge in [-0.2, -0.15) is 0 Å². The number of carboxylic acids is 1. The Morgan fingerprint density at radius 3 is 2.85 bits per heavy atom. The maximum Gasteiger partial charge on any atom is 0.311 e. The molecule has 3 heterocycles. The van der Waals surface area contributed by atoms with Crippen LogP contribution in [0.2, 0.25) is 0 Å². The highest BCUT2D eigenvalue weighted by molar-refractivity contribution is 5.94. The van der Waals surface area contributed by atoms with Gasteiger partial charge in [0.15, 0.2) is 5.69 Å². The number of hydrogen-bond acceptors (Lipinski definition) is 5. The van der Waals surface area contributed by atoms with Gasteiger partial charge in [-0.05, 0) is 38.0 Å². The Labute approximate surface area is 156 Å². The summed E-state index contributed by atoms with van der Waals surface area (Å²) in [6.07, 6.45) is 0.422. The molecule has 2 aromatic rings. The van der Waals surface area contributed by atoms with Crippen LogP contribution in [-0.4, -0.2) is 63.2 Å². The number of nitrogens with zero attached hydrogens (tertiary/aromatic N) is 4. The fourth-order valence-corrected chi connectivity index (χ4v) is 4.14. The summed E-state index contributed by atoms with van der Waals surface area (Å²) < 4.78 is 7.09. The van der Waals surface area contributed by atoms with E-state index in [2.05, 4.69) is 10.3 Å². The molecule has 1 N–H and O–H groups in total. The Kier molecular flexibility index (Phi) is 4.22. The van der Waals surface area contributed by atoms with Gasteiger partial charge in [-0.15, -0.1) is 5.10 Å². The second-order valence-corrected chi connectivity index (χ2v) is 7.44. The van der Waals surface area contributed by atoms with Crippen molar-refractivity contribution in [1.29, 1.82) is 0 Å². The maximum atomic E-state index is 13.1. The number of fused-ring (bicyclic) bond motifs is 1. The lowest BCUT2D eigenvalue weighted by atomic mass is 9.74. The molecule has 0 bridgehead atoms. The SMILES string of the molecule is Cc1cccc(-n2nnc(C(=O)N3C[C@H]4COCC[C@@]4(C(=O)O)C3)c2C)c1. The molecule has 2 atom stereocenters. The van der Waals surface area contributed by atoms with E-state index in [0.717, 1.165) is 11.3 Å². The van der Waals surface area contributed by atoms with Crippen molar-refractivity contribution < 1.29 is 19.4 Å². The molecule has 27 heavy (non-hydrogen) atoms. The van der Waals surface area contributed by atoms with Crippen molar-refractivity contribution in [2.24, 2.45) is 11.3 Å². The smallest absolute Gasteiger partial charge is 0.311 e. The molecule has 1 aromatic heterocycles. The van der Waals surface area contributed by atoms with E-state index in [0.29, 0.717) is 31.9 Å². The number of aromatic nitrogens is 3. The van der Waals surface area contributed by atoms with Crippen LogP contribution in [0, 0.1) is 25.2 Å². The van der Waals surface area contributed by atoms with Crippen LogP contribution in [0.5, 0.6) is 0 Å². The minimum atomic E-state index is -0.922. The third-order valence-corrected chi connectivity index (χ3v) is 5.76. The molecule has 0 unspecified atom stereocenters. The topological polar surface area (TPSA) is 97.5 Å². The Hall–Kier alpha value is -2.74. The first-order valence-electron chi connectivity index (χ1n) is 9.02. The third-order valence-electron chi connectivity index (χ3n) is 5.76. The third kappa shape index (κ3) is 2.80. The molecule has 0 spiro atoms. The molecule has 8 heteroatoms. The Bertz CT molecular complexity index is 909. The summed E-state index contributed by atoms with van der Waals surface area (Å²) in [5.74, 6) is -1.33. The number of benzene rings is 1. The van der Waals surface area contributed by atoms with Gasteiger partial charge in [0.1, 0.15) is 0 Å². The standard InChI is InChI=1S/C19H22N4O4/c1-12-4-3-5-15(8-12)23-13(2)16(20-21-23)17(24)22-9-14-10-27-7-6-19(14,11-22)18(25)26/h3-5,8,14H,6-7,9-11H2,1-2H3,(H,25,26)/t14-,19+/m0/s1. The lowest BCUT2D eigenvalue weighted by Gasteiger charge is -2.33. The van der Waals surface area contributed by atoms with Crippen LogP contribution < -0.4 is 0 Å². The highest BCUT2D eigenvalue weighted by Gasteiger charge is 2.55. The van der Waals surface area contributed by atoms with Crippen LogP contribution in [-0.2, 0) is 9.53 Å². The van der Waals surface area contributed by atoms with Crippen molar-refractivity contribution in [3.8, 4) is 5.69 Å². The number of aryl methyl sites for hydroxylation is 1. The molecule has 8 nitrogen and oxygen atoms in total. The van der Waals surface area contributed by atoms with E-state index in [4.69, 9.17) is 4.74 Å². The zero-order valence-electron chi connectivity index (χ0n) is 15.4. The number of likely N-dealkylation sites (tertiary alicyclic amines) is 1. The molecule has 2 saturated heterocycles. The van der Waals surface area contributed by atoms with Crippen LogP contribution in [0.4, 0.5) is 0 Å². The largest absolute Gasteiger partial charge is 0.481 e. The molecule has 0 saturated carbocycles. The highest BCUT2D eigenvalue weighted by atomic mass is 16.5. The Morgan fingerprint density at radius 2 is 2.15 bits per heavy atom. The number of rotatable bonds is 3. The van der Waals surface area contributed by atoms with Crippen molar-refractivity contribution in [2.75, 3.05) is 26.3 Å². The summed E-state index contributed by atoms with van der Waals surface area (Å²) in [5.41, 5.74) is 1.90. The molecular formula is C19H22N4O4. The minimum Gasteiger partial charge on any atom is -0.481 e. The van der Waals surface area contributed by atoms with Gasteiger partial charge in [0.25, 0.3) is 5.91 Å². The number of ether oxygens (including phenoxy) is 1. The van der Waals surface area contributed by atoms with Crippen LogP contribution in [0.3, 0.4) is 0 Å². The second-order valence-electron chi connectivity index (χ2n) is 7.44. The van der Waals surface area contributed by atoms with E-state index >= 15 is 0 Å². The molecule has 0 radical (unpaired) electrons. The zero-order chi connectivity index (χ0) is 19.2. The Balaban J connectivity index is 1.62. The average molecular weight is 370 g/mol. The summed E-state index contributed by atoms with van der Waals surface area (Å²) in [4.78, 5) is 26.6. The summed E-state index contributed by atoms with van der Waals surface area (Å²) >= 11 is 0. The van der Waals surface area contributed by atoms with Crippen LogP contribution >= 0.6 is 0 Å². The first-order chi connectivity index (χ1) is 12.9. The van der Waals surface area contributed by atoms with Gasteiger partial charge in [-0.25, -0.2) is 4.68 Å². The number of aliphatic carboxylic acids is 1. The zero-order valence-corrected chi connectivity index (χ0v) is 15.4. The van der Waals surface area contributed by atoms with Crippen molar-refractivity contribution in [3.05, 3.63) is 41.2 Å². The van der Waals surface area contributed by atoms with Crippen LogP contribution in [0.25, 0.3) is 5.69 Å². The van der Waals surface area contributed by atoms with Gasteiger partial charge in [-0.3, -0.25) is 9.59 Å². The predicted octanol–water partition coefficient (Wildman–Crippen LogP) is 1.45. The lowest BCUT2D eigenvalue weighted by molar-refractivity contribution is -0.157. The van der Waals surface area contributed by atoms with Crippen molar-refractivity contribution >= 4 is 11.9 Å². The number of carbonyl (C=O) groups excluding carboxylic acids is 1. The number of carboxylic acid groups (broad SMARTS) is 1. The lowest BCUT2D eigenvalue weighted by Crippen LogP contribution is -2.45. The molecule has 1 amide bonds. The first kappa shape index (κ1) is 17.7. The molecule has 2 aliphatic rings. The van der Waals surface area contributed by atoms with Crippen molar-refractivity contribution in [2.45, 2.75) is 20.3 Å². The van der Waals surface area contributed by atoms with Crippen molar-refractivity contribution in [1.82, 2.24) is 19.9 Å². The van der Waals surface area contributed by atoms with Gasteiger partial charge in [0.2, 0.25) is 0 Å². The van der Waals surface area contributed by atoms with Gasteiger partial charge < -0.3 is 14.7 Å². The van der Waals surface area contributed by atoms with Crippen LogP contribution in [0.1, 0.15) is 28.2 Å². The fraction of sp³-hybridized carbons (Fsp3) is 0.474. The van der Waals surface area contributed by atoms with Gasteiger partial charge >= 0.3 is 5.97 Å². The Morgan fingerprint density at radius 1 is 1.33 bits per heavy atom. The number of hydrogen-bond donors (Lipinski definition) is 1. The fourth-order valence-electron chi connectivity index (χ4n) is 4.14. The maximum absolute atomic E-state index is 13.1. The summed E-state index contributed by atoms with van der Waals surface area (Å²) in [7, 11) is 0. The molecular weight excluding hydrogens is 348 g/mol. The number of amides is 1. The van der Waals surface area contributed by atoms with E-state index in [1.54, 1.807) is 16.5 Å². The molecule has 2 fully saturated rings. The number of carbonyl (C=O) groups is 2. The summed E-state index contributed by atoms with van der Waals surface area (Å²) in [6, 6.07) is 7.79. The minimum absolute atomic E-state index is 0.186. The highest BCUT2D eigenvalue weighted by Crippen LogP contribution is 2.42. The first-order valence-corrected chi connectivity index (χ1v) is 9.02. The molecule has 142 valence electrons. The summed E-state index contributed by atoms with van der Waals surface area (Å²) in [6.45, 7) is 5.11. The van der Waals surface area contributed by atoms with Gasteiger partial charge in [0.05, 0.1) is 23.4 Å². The van der Waals surface area contributed by atoms with Crippen molar-refractivity contribution in [3.63, 3.8) is 0 Å².